The zero-order valence-electron chi connectivity index (χ0n) is 21.2. The highest BCUT2D eigenvalue weighted by molar-refractivity contribution is 6.04. The minimum absolute atomic E-state index is 0.0522. The molecule has 1 atom stereocenters. The maximum Gasteiger partial charge on any atom is 0.401 e. The zero-order chi connectivity index (χ0) is 26.2. The van der Waals surface area contributed by atoms with Crippen LogP contribution >= 0.6 is 0 Å². The van der Waals surface area contributed by atoms with Crippen molar-refractivity contribution in [3.05, 3.63) is 36.4 Å². The summed E-state index contributed by atoms with van der Waals surface area (Å²) in [6.45, 7) is 4.31. The van der Waals surface area contributed by atoms with Crippen LogP contribution in [0, 0.1) is 0 Å². The number of benzene rings is 1. The Bertz CT molecular complexity index is 1100. The largest absolute Gasteiger partial charge is 0.401 e. The van der Waals surface area contributed by atoms with Gasteiger partial charge in [-0.2, -0.15) is 13.2 Å². The number of piperazine rings is 1. The summed E-state index contributed by atoms with van der Waals surface area (Å²) in [7, 11) is 1.79. The number of pyridine rings is 1. The number of aromatic nitrogens is 1. The van der Waals surface area contributed by atoms with E-state index in [1.807, 2.05) is 43.3 Å². The Balaban J connectivity index is 1.28. The van der Waals surface area contributed by atoms with Gasteiger partial charge in [0.25, 0.3) is 0 Å². The number of amides is 1. The molecule has 2 aromatic rings. The highest BCUT2D eigenvalue weighted by atomic mass is 19.4. The second kappa shape index (κ2) is 10.4. The molecule has 4 heterocycles. The van der Waals surface area contributed by atoms with E-state index in [4.69, 9.17) is 9.72 Å². The number of carbonyl (C=O) groups excluding carboxylic acids is 1. The lowest BCUT2D eigenvalue weighted by Gasteiger charge is -2.44. The van der Waals surface area contributed by atoms with Gasteiger partial charge in [0.1, 0.15) is 11.9 Å². The van der Waals surface area contributed by atoms with Crippen molar-refractivity contribution in [3.8, 4) is 0 Å². The molecule has 0 bridgehead atoms. The molecule has 1 N–H and O–H groups in total. The molecule has 11 heteroatoms. The van der Waals surface area contributed by atoms with Crippen LogP contribution in [0.15, 0.2) is 36.4 Å². The molecule has 1 aromatic carbocycles. The number of carbonyl (C=O) groups is 1. The van der Waals surface area contributed by atoms with Gasteiger partial charge in [-0.25, -0.2) is 4.98 Å². The highest BCUT2D eigenvalue weighted by Crippen LogP contribution is 2.38. The molecule has 8 nitrogen and oxygen atoms in total. The second-order valence-corrected chi connectivity index (χ2v) is 9.91. The number of ether oxygens (including phenoxy) is 1. The molecule has 1 aromatic heterocycles. The fraction of sp³-hybridized carbons (Fsp3) is 0.538. The topological polar surface area (TPSA) is 64.2 Å². The fourth-order valence-corrected chi connectivity index (χ4v) is 5.44. The predicted molar refractivity (Wildman–Crippen MR) is 138 cm³/mol. The summed E-state index contributed by atoms with van der Waals surface area (Å²) in [6.07, 6.45) is -2.46. The van der Waals surface area contributed by atoms with Crippen LogP contribution < -0.4 is 20.0 Å². The van der Waals surface area contributed by atoms with Crippen LogP contribution in [0.3, 0.4) is 0 Å². The summed E-state index contributed by atoms with van der Waals surface area (Å²) in [5.74, 6) is 1.52. The first-order valence-electron chi connectivity index (χ1n) is 12.8. The van der Waals surface area contributed by atoms with Gasteiger partial charge >= 0.3 is 6.18 Å². The summed E-state index contributed by atoms with van der Waals surface area (Å²) in [5.41, 5.74) is 2.63. The molecule has 0 aliphatic carbocycles. The smallest absolute Gasteiger partial charge is 0.381 e. The minimum Gasteiger partial charge on any atom is -0.381 e. The van der Waals surface area contributed by atoms with Crippen molar-refractivity contribution in [2.75, 3.05) is 73.0 Å². The number of hydrogen-bond acceptors (Lipinski definition) is 7. The van der Waals surface area contributed by atoms with Crippen molar-refractivity contribution in [2.45, 2.75) is 38.0 Å². The van der Waals surface area contributed by atoms with Crippen molar-refractivity contribution < 1.29 is 22.7 Å². The van der Waals surface area contributed by atoms with Crippen molar-refractivity contribution in [1.29, 1.82) is 0 Å². The number of nitrogens with zero attached hydrogens (tertiary/aromatic N) is 5. The van der Waals surface area contributed by atoms with Crippen LogP contribution in [0.1, 0.15) is 19.8 Å². The maximum absolute atomic E-state index is 12.9. The quantitative estimate of drug-likeness (QED) is 0.645. The van der Waals surface area contributed by atoms with Crippen LogP contribution in [-0.2, 0) is 9.53 Å². The number of fused-ring (bicyclic) bond motifs is 1. The van der Waals surface area contributed by atoms with Crippen molar-refractivity contribution >= 4 is 34.6 Å². The Kier molecular flexibility index (Phi) is 7.17. The number of halogens is 3. The molecular formula is C26H33F3N6O2. The van der Waals surface area contributed by atoms with E-state index in [9.17, 15) is 18.0 Å². The molecule has 2 saturated heterocycles. The van der Waals surface area contributed by atoms with Gasteiger partial charge in [0.15, 0.2) is 5.82 Å². The molecule has 3 aliphatic rings. The summed E-state index contributed by atoms with van der Waals surface area (Å²) in [5, 5.41) is 3.36. The Morgan fingerprint density at radius 2 is 1.70 bits per heavy atom. The van der Waals surface area contributed by atoms with Gasteiger partial charge in [0.05, 0.1) is 12.2 Å². The lowest BCUT2D eigenvalue weighted by molar-refractivity contribution is -0.146. The van der Waals surface area contributed by atoms with Crippen LogP contribution in [0.25, 0.3) is 0 Å². The molecule has 5 rings (SSSR count). The lowest BCUT2D eigenvalue weighted by atomic mass is 10.0. The van der Waals surface area contributed by atoms with Gasteiger partial charge < -0.3 is 24.8 Å². The fourth-order valence-electron chi connectivity index (χ4n) is 5.44. The van der Waals surface area contributed by atoms with Crippen molar-refractivity contribution in [2.24, 2.45) is 0 Å². The minimum atomic E-state index is -4.16. The van der Waals surface area contributed by atoms with Crippen LogP contribution in [-0.4, -0.2) is 87.0 Å². The van der Waals surface area contributed by atoms with E-state index in [1.54, 1.807) is 11.9 Å². The van der Waals surface area contributed by atoms with Crippen LogP contribution in [0.2, 0.25) is 0 Å². The first-order valence-corrected chi connectivity index (χ1v) is 12.8. The van der Waals surface area contributed by atoms with Crippen molar-refractivity contribution in [1.82, 2.24) is 9.88 Å². The molecule has 0 saturated carbocycles. The Morgan fingerprint density at radius 3 is 2.35 bits per heavy atom. The number of alkyl halides is 3. The molecule has 2 fully saturated rings. The number of anilines is 5. The number of rotatable bonds is 5. The van der Waals surface area contributed by atoms with Crippen LogP contribution in [0.4, 0.5) is 41.9 Å². The first-order chi connectivity index (χ1) is 17.7. The maximum atomic E-state index is 12.9. The van der Waals surface area contributed by atoms with E-state index < -0.39 is 12.7 Å². The normalized spacial score (nSPS) is 21.8. The van der Waals surface area contributed by atoms with E-state index in [-0.39, 0.29) is 18.0 Å². The molecule has 37 heavy (non-hydrogen) atoms. The van der Waals surface area contributed by atoms with Gasteiger partial charge in [-0.1, -0.05) is 0 Å². The average molecular weight is 519 g/mol. The molecule has 0 unspecified atom stereocenters. The summed E-state index contributed by atoms with van der Waals surface area (Å²) < 4.78 is 43.5. The van der Waals surface area contributed by atoms with E-state index in [1.165, 1.54) is 4.90 Å². The van der Waals surface area contributed by atoms with Gasteiger partial charge in [0.2, 0.25) is 5.91 Å². The number of likely N-dealkylation sites (N-methyl/N-ethyl adjacent to an activating group) is 1. The first kappa shape index (κ1) is 25.6. The van der Waals surface area contributed by atoms with Crippen LogP contribution in [0.5, 0.6) is 0 Å². The van der Waals surface area contributed by atoms with E-state index in [0.717, 1.165) is 35.7 Å². The van der Waals surface area contributed by atoms with Gasteiger partial charge in [0, 0.05) is 63.9 Å². The number of nitrogens with one attached hydrogen (secondary N) is 1. The average Bonchev–Trinajstić information content (AvgIpc) is 2.88. The molecular weight excluding hydrogens is 485 g/mol. The molecule has 200 valence electrons. The van der Waals surface area contributed by atoms with Gasteiger partial charge in [-0.05, 0) is 56.2 Å². The summed E-state index contributed by atoms with van der Waals surface area (Å²) in [6, 6.07) is 11.5. The van der Waals surface area contributed by atoms with Crippen molar-refractivity contribution in [3.63, 3.8) is 0 Å². The molecule has 1 amide bonds. The third-order valence-electron chi connectivity index (χ3n) is 7.43. The lowest BCUT2D eigenvalue weighted by Crippen LogP contribution is -2.56. The monoisotopic (exact) mass is 518 g/mol. The molecule has 0 spiro atoms. The summed E-state index contributed by atoms with van der Waals surface area (Å²) in [4.78, 5) is 25.2. The SMILES string of the molecule is C[C@@H]1C(=O)N(C)c2ccc(Nc3ccc(N4CCN(CC(F)(F)F)CC4)cc3)nc2N1C1CCOCC1. The second-order valence-electron chi connectivity index (χ2n) is 9.91. The predicted octanol–water partition coefficient (Wildman–Crippen LogP) is 3.86. The molecule has 0 radical (unpaired) electrons. The Hall–Kier alpha value is -3.05. The third kappa shape index (κ3) is 5.62. The van der Waals surface area contributed by atoms with E-state index in [2.05, 4.69) is 15.1 Å². The third-order valence-corrected chi connectivity index (χ3v) is 7.43. The van der Waals surface area contributed by atoms with E-state index in [0.29, 0.717) is 45.2 Å². The highest BCUT2D eigenvalue weighted by Gasteiger charge is 2.39. The molecule has 3 aliphatic heterocycles. The van der Waals surface area contributed by atoms with Gasteiger partial charge in [-0.3, -0.25) is 9.69 Å². The van der Waals surface area contributed by atoms with E-state index >= 15 is 0 Å². The summed E-state index contributed by atoms with van der Waals surface area (Å²) >= 11 is 0. The Morgan fingerprint density at radius 1 is 1.03 bits per heavy atom. The standard InChI is InChI=1S/C26H33F3N6O2/c1-18-25(36)32(2)22-7-8-23(31-24(22)35(18)21-9-15-37-16-10-21)30-19-3-5-20(6-4-19)34-13-11-33(12-14-34)17-26(27,28)29/h3-8,18,21H,9-17H2,1-2H3,(H,30,31)/t18-/m1/s1. The number of hydrogen-bond donors (Lipinski definition) is 1. The Labute approximate surface area is 215 Å². The van der Waals surface area contributed by atoms with Gasteiger partial charge in [-0.15, -0.1) is 0 Å². The zero-order valence-corrected chi connectivity index (χ0v) is 21.2.